The molecule has 9 heteroatoms. The van der Waals surface area contributed by atoms with Crippen LogP contribution < -0.4 is 10.1 Å². The smallest absolute Gasteiger partial charge is 0.273 e. The van der Waals surface area contributed by atoms with E-state index in [0.29, 0.717) is 4.90 Å². The zero-order chi connectivity index (χ0) is 18.6. The monoisotopic (exact) mass is 368 g/mol. The number of hydrogen-bond donors (Lipinski definition) is 1. The summed E-state index contributed by atoms with van der Waals surface area (Å²) in [5.74, 6) is -2.22. The first-order chi connectivity index (χ1) is 11.8. The van der Waals surface area contributed by atoms with Gasteiger partial charge >= 0.3 is 0 Å². The number of nitro groups is 1. The fraction of sp³-hybridized carbons (Fsp3) is 0.188. The van der Waals surface area contributed by atoms with Crippen molar-refractivity contribution in [1.82, 2.24) is 0 Å². The molecule has 2 rings (SSSR count). The third kappa shape index (κ3) is 4.66. The molecule has 0 aromatic heterocycles. The van der Waals surface area contributed by atoms with Crippen LogP contribution in [0.4, 0.5) is 20.2 Å². The number of rotatable bonds is 6. The Morgan fingerprint density at radius 2 is 1.96 bits per heavy atom. The van der Waals surface area contributed by atoms with Gasteiger partial charge in [0.2, 0.25) is 5.91 Å². The number of halogens is 2. The number of non-ortho nitro benzene ring substituents is 1. The zero-order valence-corrected chi connectivity index (χ0v) is 14.1. The number of carbonyl (C=O) groups excluding carboxylic acids is 1. The summed E-state index contributed by atoms with van der Waals surface area (Å²) in [6.45, 7) is 1.60. The van der Waals surface area contributed by atoms with Gasteiger partial charge in [0, 0.05) is 11.0 Å². The van der Waals surface area contributed by atoms with Crippen molar-refractivity contribution >= 4 is 29.0 Å². The Balaban J connectivity index is 2.10. The van der Waals surface area contributed by atoms with Gasteiger partial charge in [0.1, 0.15) is 5.75 Å². The highest BCUT2D eigenvalue weighted by molar-refractivity contribution is 8.00. The molecule has 0 radical (unpaired) electrons. The first-order valence-electron chi connectivity index (χ1n) is 7.07. The van der Waals surface area contributed by atoms with Crippen molar-refractivity contribution in [2.45, 2.75) is 17.1 Å². The highest BCUT2D eigenvalue weighted by atomic mass is 32.2. The van der Waals surface area contributed by atoms with Crippen LogP contribution in [-0.2, 0) is 4.79 Å². The quantitative estimate of drug-likeness (QED) is 0.473. The van der Waals surface area contributed by atoms with Crippen molar-refractivity contribution < 1.29 is 23.2 Å². The number of methoxy groups -OCH3 is 1. The van der Waals surface area contributed by atoms with Gasteiger partial charge in [-0.05, 0) is 31.2 Å². The van der Waals surface area contributed by atoms with Crippen LogP contribution in [-0.4, -0.2) is 23.2 Å². The van der Waals surface area contributed by atoms with E-state index in [1.54, 1.807) is 6.92 Å². The van der Waals surface area contributed by atoms with Gasteiger partial charge < -0.3 is 10.1 Å². The molecule has 0 aliphatic rings. The molecule has 0 heterocycles. The lowest BCUT2D eigenvalue weighted by Gasteiger charge is -2.14. The Labute approximate surface area is 146 Å². The summed E-state index contributed by atoms with van der Waals surface area (Å²) in [7, 11) is 1.33. The lowest BCUT2D eigenvalue weighted by atomic mass is 10.2. The summed E-state index contributed by atoms with van der Waals surface area (Å²) in [6, 6.07) is 7.18. The van der Waals surface area contributed by atoms with Crippen LogP contribution in [0.5, 0.6) is 5.75 Å². The van der Waals surface area contributed by atoms with Crippen molar-refractivity contribution in [2.24, 2.45) is 0 Å². The molecular weight excluding hydrogens is 354 g/mol. The van der Waals surface area contributed by atoms with E-state index in [0.717, 1.165) is 23.9 Å². The maximum absolute atomic E-state index is 13.2. The summed E-state index contributed by atoms with van der Waals surface area (Å²) in [5, 5.41) is 12.7. The molecule has 6 nitrogen and oxygen atoms in total. The third-order valence-electron chi connectivity index (χ3n) is 3.23. The average molecular weight is 368 g/mol. The Hall–Kier alpha value is -2.68. The first-order valence-corrected chi connectivity index (χ1v) is 7.94. The molecule has 0 unspecified atom stereocenters. The lowest BCUT2D eigenvalue weighted by Crippen LogP contribution is -2.22. The van der Waals surface area contributed by atoms with Crippen LogP contribution in [0.2, 0.25) is 0 Å². The molecule has 1 atom stereocenters. The van der Waals surface area contributed by atoms with Gasteiger partial charge in [0.25, 0.3) is 5.69 Å². The van der Waals surface area contributed by atoms with Gasteiger partial charge in [-0.15, -0.1) is 11.8 Å². The van der Waals surface area contributed by atoms with Crippen LogP contribution in [0, 0.1) is 21.7 Å². The van der Waals surface area contributed by atoms with E-state index in [2.05, 4.69) is 5.32 Å². The molecule has 132 valence electrons. The number of hydrogen-bond acceptors (Lipinski definition) is 5. The molecule has 0 aliphatic carbocycles. The summed E-state index contributed by atoms with van der Waals surface area (Å²) in [5.41, 5.74) is 0.106. The number of benzene rings is 2. The first kappa shape index (κ1) is 18.7. The second-order valence-corrected chi connectivity index (χ2v) is 6.38. The van der Waals surface area contributed by atoms with Crippen molar-refractivity contribution in [1.29, 1.82) is 0 Å². The minimum absolute atomic E-state index is 0.146. The van der Waals surface area contributed by atoms with Crippen molar-refractivity contribution in [3.8, 4) is 5.75 Å². The molecule has 0 saturated heterocycles. The van der Waals surface area contributed by atoms with Gasteiger partial charge in [-0.1, -0.05) is 0 Å². The van der Waals surface area contributed by atoms with E-state index in [-0.39, 0.29) is 17.1 Å². The van der Waals surface area contributed by atoms with E-state index < -0.39 is 27.7 Å². The highest BCUT2D eigenvalue weighted by Crippen LogP contribution is 2.31. The van der Waals surface area contributed by atoms with Crippen LogP contribution >= 0.6 is 11.8 Å². The Morgan fingerprint density at radius 1 is 1.24 bits per heavy atom. The van der Waals surface area contributed by atoms with Crippen molar-refractivity contribution in [2.75, 3.05) is 12.4 Å². The number of carbonyl (C=O) groups is 1. The summed E-state index contributed by atoms with van der Waals surface area (Å²) >= 11 is 1.05. The number of nitrogens with one attached hydrogen (secondary N) is 1. The van der Waals surface area contributed by atoms with E-state index in [1.165, 1.54) is 31.4 Å². The number of nitro benzene ring substituents is 1. The minimum Gasteiger partial charge on any atom is -0.494 e. The van der Waals surface area contributed by atoms with Gasteiger partial charge in [-0.3, -0.25) is 14.9 Å². The third-order valence-corrected chi connectivity index (χ3v) is 4.32. The molecule has 0 fully saturated rings. The topological polar surface area (TPSA) is 81.5 Å². The number of ether oxygens (including phenoxy) is 1. The maximum atomic E-state index is 13.2. The summed E-state index contributed by atoms with van der Waals surface area (Å²) in [4.78, 5) is 22.9. The number of nitrogens with zero attached hydrogens (tertiary/aromatic N) is 1. The molecule has 25 heavy (non-hydrogen) atoms. The number of amides is 1. The second-order valence-electron chi connectivity index (χ2n) is 4.97. The standard InChI is InChI=1S/C16H14F2N2O4S/c1-9(25-11-4-5-12(17)13(18)8-11)16(21)19-14-6-3-10(20(22)23)7-15(14)24-2/h3-9H,1-2H3,(H,19,21)/t9-/m0/s1. The molecular formula is C16H14F2N2O4S. The van der Waals surface area contributed by atoms with Gasteiger partial charge in [0.05, 0.1) is 29.0 Å². The van der Waals surface area contributed by atoms with Crippen molar-refractivity contribution in [3.63, 3.8) is 0 Å². The molecule has 0 aliphatic heterocycles. The normalized spacial score (nSPS) is 11.7. The molecule has 2 aromatic carbocycles. The van der Waals surface area contributed by atoms with Crippen LogP contribution in [0.3, 0.4) is 0 Å². The van der Waals surface area contributed by atoms with E-state index in [9.17, 15) is 23.7 Å². The minimum atomic E-state index is -0.991. The molecule has 0 saturated carbocycles. The molecule has 0 bridgehead atoms. The lowest BCUT2D eigenvalue weighted by molar-refractivity contribution is -0.384. The van der Waals surface area contributed by atoms with Crippen LogP contribution in [0.25, 0.3) is 0 Å². The maximum Gasteiger partial charge on any atom is 0.273 e. The SMILES string of the molecule is COc1cc([N+](=O)[O-])ccc1NC(=O)[C@H](C)Sc1ccc(F)c(F)c1. The van der Waals surface area contributed by atoms with Crippen LogP contribution in [0.15, 0.2) is 41.3 Å². The average Bonchev–Trinajstić information content (AvgIpc) is 2.58. The number of thioether (sulfide) groups is 1. The predicted octanol–water partition coefficient (Wildman–Crippen LogP) is 4.00. The zero-order valence-electron chi connectivity index (χ0n) is 13.3. The number of anilines is 1. The predicted molar refractivity (Wildman–Crippen MR) is 90.0 cm³/mol. The molecule has 2 aromatic rings. The fourth-order valence-corrected chi connectivity index (χ4v) is 2.83. The van der Waals surface area contributed by atoms with Crippen molar-refractivity contribution in [3.05, 3.63) is 58.1 Å². The summed E-state index contributed by atoms with van der Waals surface area (Å²) < 4.78 is 31.2. The van der Waals surface area contributed by atoms with Gasteiger partial charge in [-0.2, -0.15) is 0 Å². The molecule has 1 amide bonds. The Bertz CT molecular complexity index is 817. The Morgan fingerprint density at radius 3 is 2.56 bits per heavy atom. The molecule has 0 spiro atoms. The summed E-state index contributed by atoms with van der Waals surface area (Å²) in [6.07, 6.45) is 0. The Kier molecular flexibility index (Phi) is 5.92. The van der Waals surface area contributed by atoms with Crippen LogP contribution in [0.1, 0.15) is 6.92 Å². The molecule has 1 N–H and O–H groups in total. The van der Waals surface area contributed by atoms with E-state index in [1.807, 2.05) is 0 Å². The highest BCUT2D eigenvalue weighted by Gasteiger charge is 2.18. The van der Waals surface area contributed by atoms with E-state index >= 15 is 0 Å². The fourth-order valence-electron chi connectivity index (χ4n) is 1.94. The van der Waals surface area contributed by atoms with E-state index in [4.69, 9.17) is 4.74 Å². The largest absolute Gasteiger partial charge is 0.494 e. The van der Waals surface area contributed by atoms with Gasteiger partial charge in [-0.25, -0.2) is 8.78 Å². The van der Waals surface area contributed by atoms with Gasteiger partial charge in [0.15, 0.2) is 11.6 Å². The second kappa shape index (κ2) is 7.93.